The van der Waals surface area contributed by atoms with Crippen LogP contribution in [-0.4, -0.2) is 6.61 Å². The Hall–Kier alpha value is -1.32. The van der Waals surface area contributed by atoms with E-state index in [2.05, 4.69) is 67.0 Å². The Labute approximate surface area is 134 Å². The molecular weight excluding hydrogens is 326 g/mol. The van der Waals surface area contributed by atoms with Crippen molar-refractivity contribution in [3.05, 3.63) is 63.1 Å². The molecule has 0 aliphatic carbocycles. The van der Waals surface area contributed by atoms with Crippen LogP contribution in [0.2, 0.25) is 0 Å². The van der Waals surface area contributed by atoms with E-state index in [1.165, 1.54) is 11.1 Å². The van der Waals surface area contributed by atoms with Crippen molar-refractivity contribution in [3.8, 4) is 5.75 Å². The molecule has 1 aliphatic rings. The number of halogens is 1. The van der Waals surface area contributed by atoms with Crippen molar-refractivity contribution in [2.45, 2.75) is 32.2 Å². The Balaban J connectivity index is 2.01. The van der Waals surface area contributed by atoms with Crippen LogP contribution in [0.1, 0.15) is 42.1 Å². The lowest BCUT2D eigenvalue weighted by molar-refractivity contribution is 0.291. The summed E-state index contributed by atoms with van der Waals surface area (Å²) in [6.45, 7) is 7.22. The second-order valence-electron chi connectivity index (χ2n) is 6.43. The van der Waals surface area contributed by atoms with Crippen molar-refractivity contribution < 1.29 is 4.74 Å². The minimum absolute atomic E-state index is 0.0512. The summed E-state index contributed by atoms with van der Waals surface area (Å²) in [5.41, 5.74) is 11.2. The van der Waals surface area contributed by atoms with Gasteiger partial charge >= 0.3 is 0 Å². The molecule has 1 heterocycles. The van der Waals surface area contributed by atoms with Gasteiger partial charge in [-0.1, -0.05) is 48.0 Å². The zero-order valence-electron chi connectivity index (χ0n) is 12.6. The molecule has 3 heteroatoms. The van der Waals surface area contributed by atoms with Gasteiger partial charge in [0, 0.05) is 15.5 Å². The van der Waals surface area contributed by atoms with E-state index >= 15 is 0 Å². The van der Waals surface area contributed by atoms with Crippen molar-refractivity contribution in [1.82, 2.24) is 0 Å². The van der Waals surface area contributed by atoms with E-state index in [0.717, 1.165) is 28.0 Å². The normalized spacial score (nSPS) is 17.2. The predicted octanol–water partition coefficient (Wildman–Crippen LogP) is 4.48. The third-order valence-electron chi connectivity index (χ3n) is 4.17. The average molecular weight is 346 g/mol. The standard InChI is InChI=1S/C18H20BrNO/c1-11-4-6-13(15(19)8-11)17(20)12-5-7-16-14(9-12)18(2,3)10-21-16/h4-9,17H,10,20H2,1-3H3. The summed E-state index contributed by atoms with van der Waals surface area (Å²) in [5, 5.41) is 0. The summed E-state index contributed by atoms with van der Waals surface area (Å²) in [4.78, 5) is 0. The van der Waals surface area contributed by atoms with Crippen LogP contribution in [-0.2, 0) is 5.41 Å². The first-order chi connectivity index (χ1) is 9.88. The van der Waals surface area contributed by atoms with Crippen LogP contribution < -0.4 is 10.5 Å². The lowest BCUT2D eigenvalue weighted by Crippen LogP contribution is -2.19. The van der Waals surface area contributed by atoms with Gasteiger partial charge in [-0.3, -0.25) is 0 Å². The molecule has 0 aromatic heterocycles. The zero-order valence-corrected chi connectivity index (χ0v) is 14.2. The maximum atomic E-state index is 6.48. The van der Waals surface area contributed by atoms with Crippen LogP contribution in [0.4, 0.5) is 0 Å². The average Bonchev–Trinajstić information content (AvgIpc) is 2.74. The van der Waals surface area contributed by atoms with E-state index in [1.807, 2.05) is 6.07 Å². The number of nitrogens with two attached hydrogens (primary N) is 1. The fourth-order valence-corrected chi connectivity index (χ4v) is 3.54. The summed E-state index contributed by atoms with van der Waals surface area (Å²) >= 11 is 3.63. The molecule has 2 aromatic rings. The van der Waals surface area contributed by atoms with E-state index in [-0.39, 0.29) is 11.5 Å². The molecule has 1 unspecified atom stereocenters. The summed E-state index contributed by atoms with van der Waals surface area (Å²) in [6, 6.07) is 12.5. The molecule has 21 heavy (non-hydrogen) atoms. The van der Waals surface area contributed by atoms with Crippen molar-refractivity contribution in [2.24, 2.45) is 5.73 Å². The van der Waals surface area contributed by atoms with Crippen LogP contribution in [0.3, 0.4) is 0 Å². The van der Waals surface area contributed by atoms with Gasteiger partial charge < -0.3 is 10.5 Å². The monoisotopic (exact) mass is 345 g/mol. The van der Waals surface area contributed by atoms with E-state index in [1.54, 1.807) is 0 Å². The first kappa shape index (κ1) is 14.6. The van der Waals surface area contributed by atoms with Gasteiger partial charge in [-0.15, -0.1) is 0 Å². The molecule has 2 nitrogen and oxygen atoms in total. The number of ether oxygens (including phenoxy) is 1. The van der Waals surface area contributed by atoms with E-state index in [9.17, 15) is 0 Å². The Morgan fingerprint density at radius 3 is 2.67 bits per heavy atom. The second kappa shape index (κ2) is 5.15. The molecule has 1 atom stereocenters. The van der Waals surface area contributed by atoms with Crippen LogP contribution in [0.15, 0.2) is 40.9 Å². The lowest BCUT2D eigenvalue weighted by Gasteiger charge is -2.19. The number of benzene rings is 2. The highest BCUT2D eigenvalue weighted by molar-refractivity contribution is 9.10. The molecule has 0 spiro atoms. The molecule has 0 saturated heterocycles. The smallest absolute Gasteiger partial charge is 0.123 e. The molecule has 0 fully saturated rings. The van der Waals surface area contributed by atoms with Gasteiger partial charge in [0.2, 0.25) is 0 Å². The van der Waals surface area contributed by atoms with Crippen molar-refractivity contribution in [3.63, 3.8) is 0 Å². The second-order valence-corrected chi connectivity index (χ2v) is 7.29. The topological polar surface area (TPSA) is 35.2 Å². The van der Waals surface area contributed by atoms with Gasteiger partial charge in [0.25, 0.3) is 0 Å². The number of rotatable bonds is 2. The Morgan fingerprint density at radius 1 is 1.19 bits per heavy atom. The largest absolute Gasteiger partial charge is 0.492 e. The number of hydrogen-bond acceptors (Lipinski definition) is 2. The van der Waals surface area contributed by atoms with Crippen molar-refractivity contribution in [1.29, 1.82) is 0 Å². The fourth-order valence-electron chi connectivity index (χ4n) is 2.80. The molecule has 3 rings (SSSR count). The number of hydrogen-bond donors (Lipinski definition) is 1. The number of aryl methyl sites for hydroxylation is 1. The van der Waals surface area contributed by atoms with Crippen LogP contribution in [0.5, 0.6) is 5.75 Å². The maximum absolute atomic E-state index is 6.48. The quantitative estimate of drug-likeness (QED) is 0.870. The first-order valence-corrected chi connectivity index (χ1v) is 7.97. The fraction of sp³-hybridized carbons (Fsp3) is 0.333. The molecule has 0 amide bonds. The van der Waals surface area contributed by atoms with E-state index < -0.39 is 0 Å². The molecule has 2 aromatic carbocycles. The molecule has 1 aliphatic heterocycles. The van der Waals surface area contributed by atoms with E-state index in [0.29, 0.717) is 0 Å². The zero-order chi connectivity index (χ0) is 15.2. The lowest BCUT2D eigenvalue weighted by atomic mass is 9.85. The van der Waals surface area contributed by atoms with Gasteiger partial charge in [0.05, 0.1) is 12.6 Å². The molecule has 110 valence electrons. The highest BCUT2D eigenvalue weighted by Crippen LogP contribution is 2.40. The highest BCUT2D eigenvalue weighted by atomic mass is 79.9. The SMILES string of the molecule is Cc1ccc(C(N)c2ccc3c(c2)C(C)(C)CO3)c(Br)c1. The highest BCUT2D eigenvalue weighted by Gasteiger charge is 2.32. The van der Waals surface area contributed by atoms with Gasteiger partial charge in [0.15, 0.2) is 0 Å². The Kier molecular flexibility index (Phi) is 3.58. The third-order valence-corrected chi connectivity index (χ3v) is 4.86. The molecule has 2 N–H and O–H groups in total. The minimum Gasteiger partial charge on any atom is -0.492 e. The van der Waals surface area contributed by atoms with E-state index in [4.69, 9.17) is 10.5 Å². The van der Waals surface area contributed by atoms with Gasteiger partial charge in [-0.2, -0.15) is 0 Å². The van der Waals surface area contributed by atoms with Crippen molar-refractivity contribution >= 4 is 15.9 Å². The Bertz CT molecular complexity index is 694. The number of fused-ring (bicyclic) bond motifs is 1. The molecular formula is C18H20BrNO. The first-order valence-electron chi connectivity index (χ1n) is 7.17. The van der Waals surface area contributed by atoms with Gasteiger partial charge in [-0.05, 0) is 41.8 Å². The summed E-state index contributed by atoms with van der Waals surface area (Å²) in [6.07, 6.45) is 0. The summed E-state index contributed by atoms with van der Waals surface area (Å²) in [7, 11) is 0. The third kappa shape index (κ3) is 2.60. The molecule has 0 saturated carbocycles. The summed E-state index contributed by atoms with van der Waals surface area (Å²) in [5.74, 6) is 0.985. The summed E-state index contributed by atoms with van der Waals surface area (Å²) < 4.78 is 6.80. The Morgan fingerprint density at radius 2 is 1.95 bits per heavy atom. The maximum Gasteiger partial charge on any atom is 0.123 e. The predicted molar refractivity (Wildman–Crippen MR) is 89.9 cm³/mol. The van der Waals surface area contributed by atoms with Gasteiger partial charge in [0.1, 0.15) is 5.75 Å². The van der Waals surface area contributed by atoms with Gasteiger partial charge in [-0.25, -0.2) is 0 Å². The van der Waals surface area contributed by atoms with Crippen LogP contribution in [0.25, 0.3) is 0 Å². The minimum atomic E-state index is -0.137. The van der Waals surface area contributed by atoms with Crippen LogP contribution >= 0.6 is 15.9 Å². The molecule has 0 bridgehead atoms. The van der Waals surface area contributed by atoms with Crippen molar-refractivity contribution in [2.75, 3.05) is 6.61 Å². The molecule has 0 radical (unpaired) electrons. The van der Waals surface area contributed by atoms with Crippen LogP contribution in [0, 0.1) is 6.92 Å².